The Bertz CT molecular complexity index is 662. The van der Waals surface area contributed by atoms with Gasteiger partial charge in [0.05, 0.1) is 13.0 Å². The van der Waals surface area contributed by atoms with E-state index in [-0.39, 0.29) is 12.0 Å². The molecule has 2 unspecified atom stereocenters. The van der Waals surface area contributed by atoms with Crippen LogP contribution in [0.15, 0.2) is 24.4 Å². The predicted octanol–water partition coefficient (Wildman–Crippen LogP) is 1.92. The number of ether oxygens (including phenoxy) is 1. The number of aryl methyl sites for hydroxylation is 1. The maximum absolute atomic E-state index is 11.1. The maximum atomic E-state index is 11.1. The van der Waals surface area contributed by atoms with Crippen LogP contribution in [0.25, 0.3) is 10.9 Å². The van der Waals surface area contributed by atoms with Crippen molar-refractivity contribution in [2.45, 2.75) is 12.5 Å². The van der Waals surface area contributed by atoms with Crippen molar-refractivity contribution >= 4 is 16.9 Å². The Morgan fingerprint density at radius 1 is 1.50 bits per heavy atom. The molecule has 2 aromatic rings. The Morgan fingerprint density at radius 2 is 2.30 bits per heavy atom. The maximum Gasteiger partial charge on any atom is 0.307 e. The number of nitrogens with zero attached hydrogens (tertiary/aromatic N) is 1. The summed E-state index contributed by atoms with van der Waals surface area (Å²) in [4.78, 5) is 11.1. The molecule has 1 aromatic carbocycles. The summed E-state index contributed by atoms with van der Waals surface area (Å²) in [6.45, 7) is 0.508. The van der Waals surface area contributed by atoms with E-state index in [0.29, 0.717) is 13.0 Å². The third kappa shape index (κ3) is 2.04. The fourth-order valence-corrected chi connectivity index (χ4v) is 2.92. The van der Waals surface area contributed by atoms with Crippen LogP contribution in [0.5, 0.6) is 5.75 Å². The molecule has 1 aliphatic rings. The van der Waals surface area contributed by atoms with Gasteiger partial charge in [0.15, 0.2) is 0 Å². The number of carbonyl (C=O) groups is 1. The summed E-state index contributed by atoms with van der Waals surface area (Å²) in [5.41, 5.74) is 2.16. The Balaban J connectivity index is 2.01. The van der Waals surface area contributed by atoms with Crippen LogP contribution in [0.3, 0.4) is 0 Å². The van der Waals surface area contributed by atoms with Gasteiger partial charge in [-0.15, -0.1) is 0 Å². The number of rotatable bonds is 3. The number of aliphatic carboxylic acids is 1. The van der Waals surface area contributed by atoms with E-state index in [1.165, 1.54) is 0 Å². The SMILES string of the molecule is COc1cc2ccn(C)c2cc1C1CC(C(=O)O)CN1. The average molecular weight is 274 g/mol. The molecule has 20 heavy (non-hydrogen) atoms. The highest BCUT2D eigenvalue weighted by Gasteiger charge is 2.31. The highest BCUT2D eigenvalue weighted by molar-refractivity contribution is 5.83. The fourth-order valence-electron chi connectivity index (χ4n) is 2.92. The summed E-state index contributed by atoms with van der Waals surface area (Å²) in [7, 11) is 3.65. The first-order chi connectivity index (χ1) is 9.60. The second-order valence-corrected chi connectivity index (χ2v) is 5.31. The van der Waals surface area contributed by atoms with Crippen molar-refractivity contribution < 1.29 is 14.6 Å². The fraction of sp³-hybridized carbons (Fsp3) is 0.400. The van der Waals surface area contributed by atoms with Crippen LogP contribution in [0.1, 0.15) is 18.0 Å². The molecule has 0 saturated carbocycles. The summed E-state index contributed by atoms with van der Waals surface area (Å²) < 4.78 is 7.53. The van der Waals surface area contributed by atoms with Gasteiger partial charge in [-0.25, -0.2) is 0 Å². The van der Waals surface area contributed by atoms with Crippen LogP contribution in [-0.4, -0.2) is 29.3 Å². The molecule has 0 aliphatic carbocycles. The number of fused-ring (bicyclic) bond motifs is 1. The van der Waals surface area contributed by atoms with Crippen molar-refractivity contribution in [2.75, 3.05) is 13.7 Å². The van der Waals surface area contributed by atoms with Crippen LogP contribution in [0.4, 0.5) is 0 Å². The molecule has 2 atom stereocenters. The van der Waals surface area contributed by atoms with Crippen molar-refractivity contribution in [2.24, 2.45) is 13.0 Å². The molecule has 2 heterocycles. The quantitative estimate of drug-likeness (QED) is 0.897. The zero-order valence-corrected chi connectivity index (χ0v) is 11.6. The number of hydrogen-bond donors (Lipinski definition) is 2. The molecule has 0 amide bonds. The van der Waals surface area contributed by atoms with Crippen molar-refractivity contribution in [1.82, 2.24) is 9.88 Å². The number of methoxy groups -OCH3 is 1. The molecule has 1 fully saturated rings. The summed E-state index contributed by atoms with van der Waals surface area (Å²) in [6.07, 6.45) is 2.61. The van der Waals surface area contributed by atoms with E-state index < -0.39 is 5.97 Å². The van der Waals surface area contributed by atoms with E-state index >= 15 is 0 Å². The molecule has 5 nitrogen and oxygen atoms in total. The van der Waals surface area contributed by atoms with Gasteiger partial charge in [0.25, 0.3) is 0 Å². The Hall–Kier alpha value is -2.01. The number of carboxylic acid groups (broad SMARTS) is 1. The topological polar surface area (TPSA) is 63.5 Å². The summed E-state index contributed by atoms with van der Waals surface area (Å²) >= 11 is 0. The van der Waals surface area contributed by atoms with Gasteiger partial charge in [-0.05, 0) is 24.6 Å². The van der Waals surface area contributed by atoms with Crippen molar-refractivity contribution in [3.05, 3.63) is 30.0 Å². The first kappa shape index (κ1) is 13.0. The van der Waals surface area contributed by atoms with Gasteiger partial charge < -0.3 is 19.7 Å². The third-order valence-corrected chi connectivity index (χ3v) is 4.09. The number of hydrogen-bond acceptors (Lipinski definition) is 3. The van der Waals surface area contributed by atoms with E-state index in [1.54, 1.807) is 7.11 Å². The minimum absolute atomic E-state index is 0.0327. The first-order valence-corrected chi connectivity index (χ1v) is 6.69. The minimum Gasteiger partial charge on any atom is -0.496 e. The molecule has 0 spiro atoms. The first-order valence-electron chi connectivity index (χ1n) is 6.69. The van der Waals surface area contributed by atoms with Crippen molar-refractivity contribution in [3.8, 4) is 5.75 Å². The lowest BCUT2D eigenvalue weighted by Gasteiger charge is -2.16. The Morgan fingerprint density at radius 3 is 2.95 bits per heavy atom. The molecule has 0 bridgehead atoms. The molecule has 1 saturated heterocycles. The van der Waals surface area contributed by atoms with Crippen LogP contribution >= 0.6 is 0 Å². The van der Waals surface area contributed by atoms with E-state index in [4.69, 9.17) is 9.84 Å². The summed E-state index contributed by atoms with van der Waals surface area (Å²) in [5.74, 6) is -0.250. The standard InChI is InChI=1S/C15H18N2O3/c1-17-4-3-9-6-14(20-2)11(7-13(9)17)12-5-10(8-16-12)15(18)19/h3-4,6-7,10,12,16H,5,8H2,1-2H3,(H,18,19). The molecule has 5 heteroatoms. The summed E-state index contributed by atoms with van der Waals surface area (Å²) in [6, 6.07) is 6.19. The van der Waals surface area contributed by atoms with Gasteiger partial charge in [0.2, 0.25) is 0 Å². The number of aromatic nitrogens is 1. The van der Waals surface area contributed by atoms with Gasteiger partial charge >= 0.3 is 5.97 Å². The lowest BCUT2D eigenvalue weighted by molar-refractivity contribution is -0.141. The highest BCUT2D eigenvalue weighted by Crippen LogP contribution is 2.36. The highest BCUT2D eigenvalue weighted by atomic mass is 16.5. The van der Waals surface area contributed by atoms with E-state index in [1.807, 2.05) is 25.4 Å². The largest absolute Gasteiger partial charge is 0.496 e. The minimum atomic E-state index is -0.737. The molecule has 1 aromatic heterocycles. The molecular formula is C15H18N2O3. The number of benzene rings is 1. The van der Waals surface area contributed by atoms with Gasteiger partial charge in [0, 0.05) is 42.3 Å². The lowest BCUT2D eigenvalue weighted by atomic mass is 9.98. The second-order valence-electron chi connectivity index (χ2n) is 5.31. The molecular weight excluding hydrogens is 256 g/mol. The van der Waals surface area contributed by atoms with Gasteiger partial charge in [-0.3, -0.25) is 4.79 Å². The van der Waals surface area contributed by atoms with E-state index in [9.17, 15) is 4.79 Å². The number of carboxylic acids is 1. The number of nitrogens with one attached hydrogen (secondary N) is 1. The zero-order chi connectivity index (χ0) is 14.3. The molecule has 3 rings (SSSR count). The van der Waals surface area contributed by atoms with Crippen molar-refractivity contribution in [3.63, 3.8) is 0 Å². The molecule has 0 radical (unpaired) electrons. The lowest BCUT2D eigenvalue weighted by Crippen LogP contribution is -2.17. The van der Waals surface area contributed by atoms with Crippen molar-refractivity contribution in [1.29, 1.82) is 0 Å². The smallest absolute Gasteiger partial charge is 0.307 e. The average Bonchev–Trinajstić information content (AvgIpc) is 3.05. The van der Waals surface area contributed by atoms with Gasteiger partial charge in [-0.1, -0.05) is 0 Å². The molecule has 2 N–H and O–H groups in total. The molecule has 106 valence electrons. The van der Waals surface area contributed by atoms with E-state index in [2.05, 4.69) is 16.0 Å². The Kier molecular flexibility index (Phi) is 3.14. The normalized spacial score (nSPS) is 22.3. The third-order valence-electron chi connectivity index (χ3n) is 4.09. The Labute approximate surface area is 117 Å². The van der Waals surface area contributed by atoms with Gasteiger partial charge in [0.1, 0.15) is 5.75 Å². The second kappa shape index (κ2) is 4.83. The zero-order valence-electron chi connectivity index (χ0n) is 11.6. The molecule has 1 aliphatic heterocycles. The summed E-state index contributed by atoms with van der Waals surface area (Å²) in [5, 5.41) is 13.5. The van der Waals surface area contributed by atoms with Crippen LogP contribution in [0, 0.1) is 5.92 Å². The van der Waals surface area contributed by atoms with Crippen LogP contribution in [0.2, 0.25) is 0 Å². The van der Waals surface area contributed by atoms with E-state index in [0.717, 1.165) is 22.2 Å². The van der Waals surface area contributed by atoms with Crippen LogP contribution < -0.4 is 10.1 Å². The van der Waals surface area contributed by atoms with Gasteiger partial charge in [-0.2, -0.15) is 0 Å². The monoisotopic (exact) mass is 274 g/mol. The predicted molar refractivity (Wildman–Crippen MR) is 76.0 cm³/mol. The van der Waals surface area contributed by atoms with Crippen LogP contribution in [-0.2, 0) is 11.8 Å².